The van der Waals surface area contributed by atoms with Crippen molar-refractivity contribution in [1.82, 2.24) is 34.7 Å². The topological polar surface area (TPSA) is 93.2 Å². The number of nitrogens with zero attached hydrogens (tertiary/aromatic N) is 7. The van der Waals surface area contributed by atoms with Gasteiger partial charge in [-0.2, -0.15) is 10.1 Å². The Kier molecular flexibility index (Phi) is 5.63. The number of carbonyl (C=O) groups is 1. The lowest BCUT2D eigenvalue weighted by atomic mass is 10.2. The molecule has 3 aromatic rings. The molecule has 1 aromatic carbocycles. The summed E-state index contributed by atoms with van der Waals surface area (Å²) in [5.74, 6) is 1.25. The number of benzene rings is 1. The molecule has 28 heavy (non-hydrogen) atoms. The molecule has 0 atom stereocenters. The Balaban J connectivity index is 1.25. The number of halogens is 1. The second kappa shape index (κ2) is 8.49. The van der Waals surface area contributed by atoms with Crippen LogP contribution in [0.3, 0.4) is 0 Å². The van der Waals surface area contributed by atoms with Crippen LogP contribution in [0.25, 0.3) is 11.4 Å². The molecule has 146 valence electrons. The average molecular weight is 402 g/mol. The van der Waals surface area contributed by atoms with Crippen molar-refractivity contribution >= 4 is 17.5 Å². The fraction of sp³-hybridized carbons (Fsp3) is 0.389. The Hall–Kier alpha value is -2.78. The van der Waals surface area contributed by atoms with E-state index in [2.05, 4.69) is 25.1 Å². The van der Waals surface area contributed by atoms with Gasteiger partial charge in [0.1, 0.15) is 12.7 Å². The van der Waals surface area contributed by atoms with Crippen LogP contribution in [0.4, 0.5) is 0 Å². The zero-order valence-electron chi connectivity index (χ0n) is 15.2. The molecule has 9 nitrogen and oxygen atoms in total. The predicted molar refractivity (Wildman–Crippen MR) is 101 cm³/mol. The second-order valence-electron chi connectivity index (χ2n) is 6.58. The molecule has 1 amide bonds. The van der Waals surface area contributed by atoms with Crippen molar-refractivity contribution in [1.29, 1.82) is 0 Å². The van der Waals surface area contributed by atoms with Gasteiger partial charge in [-0.25, -0.2) is 4.98 Å². The third-order valence-corrected chi connectivity index (χ3v) is 4.93. The smallest absolute Gasteiger partial charge is 0.241 e. The minimum Gasteiger partial charge on any atom is -0.340 e. The number of carbonyl (C=O) groups excluding carboxylic acids is 1. The number of aryl methyl sites for hydroxylation is 1. The van der Waals surface area contributed by atoms with E-state index in [4.69, 9.17) is 16.1 Å². The fourth-order valence-corrected chi connectivity index (χ4v) is 3.22. The number of aromatic nitrogens is 5. The van der Waals surface area contributed by atoms with Gasteiger partial charge in [0.25, 0.3) is 0 Å². The molecular weight excluding hydrogens is 382 g/mol. The monoisotopic (exact) mass is 401 g/mol. The third-order valence-electron chi connectivity index (χ3n) is 4.68. The van der Waals surface area contributed by atoms with Crippen molar-refractivity contribution < 1.29 is 9.32 Å². The van der Waals surface area contributed by atoms with E-state index in [1.165, 1.54) is 6.33 Å². The van der Waals surface area contributed by atoms with E-state index >= 15 is 0 Å². The molecule has 0 N–H and O–H groups in total. The van der Waals surface area contributed by atoms with Gasteiger partial charge in [-0.15, -0.1) is 0 Å². The van der Waals surface area contributed by atoms with Crippen LogP contribution in [0.5, 0.6) is 0 Å². The first-order chi connectivity index (χ1) is 13.7. The van der Waals surface area contributed by atoms with Crippen LogP contribution in [0.15, 0.2) is 41.4 Å². The molecule has 1 aliphatic heterocycles. The minimum atomic E-state index is 0.137. The lowest BCUT2D eigenvalue weighted by Crippen LogP contribution is -2.48. The van der Waals surface area contributed by atoms with Gasteiger partial charge in [-0.1, -0.05) is 16.8 Å². The lowest BCUT2D eigenvalue weighted by molar-refractivity contribution is -0.133. The highest BCUT2D eigenvalue weighted by molar-refractivity contribution is 6.30. The quantitative estimate of drug-likeness (QED) is 0.620. The van der Waals surface area contributed by atoms with E-state index < -0.39 is 0 Å². The van der Waals surface area contributed by atoms with Crippen molar-refractivity contribution in [2.45, 2.75) is 19.5 Å². The highest BCUT2D eigenvalue weighted by atomic mass is 35.5. The minimum absolute atomic E-state index is 0.137. The first kappa shape index (κ1) is 18.6. The second-order valence-corrected chi connectivity index (χ2v) is 7.02. The SMILES string of the molecule is O=C(CCn1cncn1)N1CCN(Cc2nc(-c3ccc(Cl)cc3)no2)CC1. The first-order valence-electron chi connectivity index (χ1n) is 9.08. The maximum atomic E-state index is 12.3. The number of piperazine rings is 1. The summed E-state index contributed by atoms with van der Waals surface area (Å²) in [5, 5.41) is 8.72. The number of hydrogen-bond donors (Lipinski definition) is 0. The summed E-state index contributed by atoms with van der Waals surface area (Å²) in [7, 11) is 0. The Bertz CT molecular complexity index is 902. The van der Waals surface area contributed by atoms with Gasteiger partial charge >= 0.3 is 0 Å². The number of hydrogen-bond acceptors (Lipinski definition) is 7. The van der Waals surface area contributed by atoms with Crippen LogP contribution < -0.4 is 0 Å². The first-order valence-corrected chi connectivity index (χ1v) is 9.46. The molecule has 0 unspecified atom stereocenters. The summed E-state index contributed by atoms with van der Waals surface area (Å²) in [6.07, 6.45) is 3.52. The molecule has 0 bridgehead atoms. The Labute approximate surface area is 166 Å². The molecule has 3 heterocycles. The van der Waals surface area contributed by atoms with Crippen molar-refractivity contribution in [3.8, 4) is 11.4 Å². The van der Waals surface area contributed by atoms with Crippen LogP contribution >= 0.6 is 11.6 Å². The van der Waals surface area contributed by atoms with E-state index in [0.29, 0.717) is 49.3 Å². The highest BCUT2D eigenvalue weighted by Gasteiger charge is 2.22. The van der Waals surface area contributed by atoms with Gasteiger partial charge in [0.2, 0.25) is 17.6 Å². The van der Waals surface area contributed by atoms with Crippen molar-refractivity contribution in [3.63, 3.8) is 0 Å². The fourth-order valence-electron chi connectivity index (χ4n) is 3.10. The largest absolute Gasteiger partial charge is 0.340 e. The van der Waals surface area contributed by atoms with E-state index in [1.54, 1.807) is 23.1 Å². The van der Waals surface area contributed by atoms with Crippen LogP contribution in [0.1, 0.15) is 12.3 Å². The Morgan fingerprint density at radius 3 is 2.64 bits per heavy atom. The number of rotatable bonds is 6. The molecular formula is C18H20ClN7O2. The predicted octanol–water partition coefficient (Wildman–Crippen LogP) is 1.72. The van der Waals surface area contributed by atoms with Crippen LogP contribution in [-0.4, -0.2) is 66.8 Å². The zero-order chi connectivity index (χ0) is 19.3. The third kappa shape index (κ3) is 4.55. The van der Waals surface area contributed by atoms with Crippen LogP contribution in [0.2, 0.25) is 5.02 Å². The van der Waals surface area contributed by atoms with E-state index in [1.807, 2.05) is 17.0 Å². The molecule has 1 aliphatic rings. The Morgan fingerprint density at radius 2 is 1.93 bits per heavy atom. The summed E-state index contributed by atoms with van der Waals surface area (Å²) in [6.45, 7) is 4.04. The zero-order valence-corrected chi connectivity index (χ0v) is 16.0. The van der Waals surface area contributed by atoms with E-state index in [0.717, 1.165) is 18.7 Å². The molecule has 0 aliphatic carbocycles. The van der Waals surface area contributed by atoms with Gasteiger partial charge in [-0.05, 0) is 24.3 Å². The van der Waals surface area contributed by atoms with Gasteiger partial charge in [0.05, 0.1) is 13.1 Å². The highest BCUT2D eigenvalue weighted by Crippen LogP contribution is 2.19. The van der Waals surface area contributed by atoms with Crippen molar-refractivity contribution in [3.05, 3.63) is 47.8 Å². The standard InChI is InChI=1S/C18H20ClN7O2/c19-15-3-1-14(2-4-15)18-22-16(28-23-18)11-24-7-9-25(10-8-24)17(27)5-6-26-13-20-12-21-26/h1-4,12-13H,5-11H2. The maximum absolute atomic E-state index is 12.3. The summed E-state index contributed by atoms with van der Waals surface area (Å²) in [5.41, 5.74) is 0.863. The normalized spacial score (nSPS) is 15.1. The molecule has 0 radical (unpaired) electrons. The maximum Gasteiger partial charge on any atom is 0.241 e. The number of amides is 1. The summed E-state index contributed by atoms with van der Waals surface area (Å²) in [6, 6.07) is 7.32. The summed E-state index contributed by atoms with van der Waals surface area (Å²) in [4.78, 5) is 24.8. The van der Waals surface area contributed by atoms with E-state index in [-0.39, 0.29) is 5.91 Å². The lowest BCUT2D eigenvalue weighted by Gasteiger charge is -2.34. The van der Waals surface area contributed by atoms with Gasteiger partial charge in [-0.3, -0.25) is 14.4 Å². The van der Waals surface area contributed by atoms with Crippen molar-refractivity contribution in [2.75, 3.05) is 26.2 Å². The average Bonchev–Trinajstić information content (AvgIpc) is 3.39. The molecule has 1 fully saturated rings. The van der Waals surface area contributed by atoms with Crippen LogP contribution in [0, 0.1) is 0 Å². The summed E-state index contributed by atoms with van der Waals surface area (Å²) < 4.78 is 7.04. The van der Waals surface area contributed by atoms with E-state index in [9.17, 15) is 4.79 Å². The van der Waals surface area contributed by atoms with Gasteiger partial charge in [0.15, 0.2) is 0 Å². The van der Waals surface area contributed by atoms with Gasteiger partial charge < -0.3 is 9.42 Å². The molecule has 10 heteroatoms. The summed E-state index contributed by atoms with van der Waals surface area (Å²) >= 11 is 5.91. The van der Waals surface area contributed by atoms with Gasteiger partial charge in [0, 0.05) is 43.2 Å². The Morgan fingerprint density at radius 1 is 1.14 bits per heavy atom. The molecule has 4 rings (SSSR count). The van der Waals surface area contributed by atoms with Crippen molar-refractivity contribution in [2.24, 2.45) is 0 Å². The van der Waals surface area contributed by atoms with Crippen LogP contribution in [-0.2, 0) is 17.9 Å². The molecule has 1 saturated heterocycles. The molecule has 0 saturated carbocycles. The molecule has 2 aromatic heterocycles. The molecule has 0 spiro atoms.